The number of ether oxygens (including phenoxy) is 3. The minimum Gasteiger partial charge on any atom is -0.493 e. The number of hydrogen-bond acceptors (Lipinski definition) is 8. The van der Waals surface area contributed by atoms with Crippen LogP contribution in [0.2, 0.25) is 0 Å². The van der Waals surface area contributed by atoms with Crippen molar-refractivity contribution in [3.8, 4) is 17.2 Å². The normalized spacial score (nSPS) is 14.9. The molecule has 2 aromatic carbocycles. The highest BCUT2D eigenvalue weighted by atomic mass is 31.2. The Morgan fingerprint density at radius 3 is 2.13 bits per heavy atom. The molecular formula is C35H55N2O7P. The molecule has 1 aliphatic heterocycles. The molecule has 10 heteroatoms. The van der Waals surface area contributed by atoms with Crippen LogP contribution in [0.4, 0.5) is 0 Å². The maximum absolute atomic E-state index is 12.9. The number of unbranched alkanes of at least 4 members (excludes halogenated alkanes) is 9. The molecule has 2 atom stereocenters. The molecule has 45 heavy (non-hydrogen) atoms. The van der Waals surface area contributed by atoms with E-state index < -0.39 is 13.9 Å². The average molecular weight is 647 g/mol. The number of para-hydroxylation sites is 1. The number of hydrogen-bond donors (Lipinski definition) is 1. The van der Waals surface area contributed by atoms with Gasteiger partial charge in [-0.3, -0.25) is 9.42 Å². The molecule has 0 fully saturated rings. The van der Waals surface area contributed by atoms with E-state index in [2.05, 4.69) is 11.8 Å². The van der Waals surface area contributed by atoms with Gasteiger partial charge in [-0.1, -0.05) is 89.0 Å². The molecule has 2 aromatic rings. The van der Waals surface area contributed by atoms with E-state index in [1.807, 2.05) is 68.5 Å². The van der Waals surface area contributed by atoms with Crippen molar-refractivity contribution in [2.24, 2.45) is 0 Å². The summed E-state index contributed by atoms with van der Waals surface area (Å²) < 4.78 is 41.7. The fraction of sp³-hybridized carbons (Fsp3) is 0.600. The second-order valence-corrected chi connectivity index (χ2v) is 13.1. The Morgan fingerprint density at radius 2 is 1.47 bits per heavy atom. The number of phosphoric ester groups is 1. The summed E-state index contributed by atoms with van der Waals surface area (Å²) in [4.78, 5) is 14.7. The quantitative estimate of drug-likeness (QED) is 0.0891. The topological polar surface area (TPSA) is 89.9 Å². The molecule has 0 saturated carbocycles. The standard InChI is InChI=1S/C35H55N2O7P/c1-5-7-8-9-10-11-12-13-14-17-25-41-33-21-18-22-34(30(33)3)42-27-32(40-6-2)28-43-45(38,39)44-35-20-16-15-19-31(35)26-37-24-23-36(4)29-37/h15-16,18-24,32H,5-14,17,25-29H2,1-4H3,(H,38,39). The van der Waals surface area contributed by atoms with Gasteiger partial charge in [-0.25, -0.2) is 4.57 Å². The van der Waals surface area contributed by atoms with Gasteiger partial charge in [0.2, 0.25) is 0 Å². The molecule has 9 nitrogen and oxygen atoms in total. The van der Waals surface area contributed by atoms with Gasteiger partial charge < -0.3 is 28.5 Å². The van der Waals surface area contributed by atoms with Crippen molar-refractivity contribution in [1.82, 2.24) is 9.80 Å². The van der Waals surface area contributed by atoms with Gasteiger partial charge in [0.1, 0.15) is 30.0 Å². The van der Waals surface area contributed by atoms with Gasteiger partial charge in [-0.05, 0) is 38.5 Å². The molecule has 0 bridgehead atoms. The summed E-state index contributed by atoms with van der Waals surface area (Å²) in [5.41, 5.74) is 1.69. The number of rotatable bonds is 24. The van der Waals surface area contributed by atoms with E-state index in [1.54, 1.807) is 12.1 Å². The molecule has 0 radical (unpaired) electrons. The van der Waals surface area contributed by atoms with Crippen LogP contribution < -0.4 is 14.0 Å². The first-order valence-corrected chi connectivity index (χ1v) is 18.1. The first-order valence-electron chi connectivity index (χ1n) is 16.7. The van der Waals surface area contributed by atoms with E-state index >= 15 is 0 Å². The van der Waals surface area contributed by atoms with Gasteiger partial charge >= 0.3 is 7.82 Å². The lowest BCUT2D eigenvalue weighted by atomic mass is 10.1. The van der Waals surface area contributed by atoms with E-state index in [-0.39, 0.29) is 13.2 Å². The van der Waals surface area contributed by atoms with Crippen LogP contribution in [0, 0.1) is 6.92 Å². The summed E-state index contributed by atoms with van der Waals surface area (Å²) in [6.45, 7) is 8.40. The lowest BCUT2D eigenvalue weighted by Gasteiger charge is -2.22. The van der Waals surface area contributed by atoms with Crippen LogP contribution in [0.3, 0.4) is 0 Å². The second kappa shape index (κ2) is 20.4. The molecule has 3 rings (SSSR count). The Labute approximate surface area is 271 Å². The monoisotopic (exact) mass is 646 g/mol. The van der Waals surface area contributed by atoms with E-state index in [4.69, 9.17) is 23.3 Å². The second-order valence-electron chi connectivity index (χ2n) is 11.7. The first-order chi connectivity index (χ1) is 21.8. The van der Waals surface area contributed by atoms with Crippen molar-refractivity contribution in [3.63, 3.8) is 0 Å². The number of phosphoric acid groups is 1. The smallest absolute Gasteiger partial charge is 0.493 e. The van der Waals surface area contributed by atoms with Crippen molar-refractivity contribution in [2.45, 2.75) is 97.6 Å². The molecule has 2 unspecified atom stereocenters. The molecule has 0 amide bonds. The Morgan fingerprint density at radius 1 is 0.822 bits per heavy atom. The zero-order valence-corrected chi connectivity index (χ0v) is 28.7. The zero-order chi connectivity index (χ0) is 32.3. The number of nitrogens with zero attached hydrogens (tertiary/aromatic N) is 2. The Hall–Kier alpha value is -2.71. The SMILES string of the molecule is CCCCCCCCCCCCOc1cccc(OCC(COP(=O)(O)Oc2ccccc2CN2C=CN(C)C2)OCC)c1C. The van der Waals surface area contributed by atoms with Gasteiger partial charge in [0.05, 0.1) is 19.9 Å². The van der Waals surface area contributed by atoms with Crippen molar-refractivity contribution in [2.75, 3.05) is 40.1 Å². The highest BCUT2D eigenvalue weighted by Gasteiger charge is 2.27. The van der Waals surface area contributed by atoms with Crippen molar-refractivity contribution in [1.29, 1.82) is 0 Å². The van der Waals surface area contributed by atoms with Gasteiger partial charge in [0.25, 0.3) is 0 Å². The fourth-order valence-corrected chi connectivity index (χ4v) is 6.04. The van der Waals surface area contributed by atoms with Crippen molar-refractivity contribution >= 4 is 7.82 Å². The molecule has 0 aliphatic carbocycles. The lowest BCUT2D eigenvalue weighted by Crippen LogP contribution is -2.27. The molecule has 0 aromatic heterocycles. The summed E-state index contributed by atoms with van der Waals surface area (Å²) >= 11 is 0. The van der Waals surface area contributed by atoms with Crippen molar-refractivity contribution < 1.29 is 32.7 Å². The fourth-order valence-electron chi connectivity index (χ4n) is 5.20. The van der Waals surface area contributed by atoms with Crippen LogP contribution in [0.1, 0.15) is 89.2 Å². The van der Waals surface area contributed by atoms with Crippen LogP contribution >= 0.6 is 7.82 Å². The summed E-state index contributed by atoms with van der Waals surface area (Å²) in [7, 11) is -2.44. The predicted octanol–water partition coefficient (Wildman–Crippen LogP) is 8.45. The summed E-state index contributed by atoms with van der Waals surface area (Å²) in [5, 5.41) is 0. The van der Waals surface area contributed by atoms with Crippen molar-refractivity contribution in [3.05, 3.63) is 66.0 Å². The van der Waals surface area contributed by atoms with E-state index in [1.165, 1.54) is 57.8 Å². The van der Waals surface area contributed by atoms with E-state index in [0.29, 0.717) is 31.3 Å². The van der Waals surface area contributed by atoms with E-state index in [9.17, 15) is 9.46 Å². The molecule has 252 valence electrons. The third-order valence-electron chi connectivity index (χ3n) is 7.74. The summed E-state index contributed by atoms with van der Waals surface area (Å²) in [5.74, 6) is 1.79. The summed E-state index contributed by atoms with van der Waals surface area (Å²) in [6.07, 6.45) is 16.2. The van der Waals surface area contributed by atoms with Gasteiger partial charge in [-0.2, -0.15) is 0 Å². The molecule has 0 spiro atoms. The molecule has 1 N–H and O–H groups in total. The molecule has 0 saturated heterocycles. The van der Waals surface area contributed by atoms with Crippen LogP contribution in [-0.4, -0.2) is 60.9 Å². The Bertz CT molecular complexity index is 1190. The minimum absolute atomic E-state index is 0.141. The maximum Gasteiger partial charge on any atom is 0.527 e. The largest absolute Gasteiger partial charge is 0.527 e. The molecular weight excluding hydrogens is 591 g/mol. The lowest BCUT2D eigenvalue weighted by molar-refractivity contribution is -0.00730. The van der Waals surface area contributed by atoms with Crippen LogP contribution in [0.25, 0.3) is 0 Å². The maximum atomic E-state index is 12.9. The number of benzene rings is 2. The highest BCUT2D eigenvalue weighted by molar-refractivity contribution is 7.47. The van der Waals surface area contributed by atoms with Gasteiger partial charge in [0.15, 0.2) is 0 Å². The Kier molecular flexibility index (Phi) is 16.7. The minimum atomic E-state index is -4.42. The first kappa shape index (κ1) is 36.8. The summed E-state index contributed by atoms with van der Waals surface area (Å²) in [6, 6.07) is 12.9. The average Bonchev–Trinajstić information content (AvgIpc) is 3.43. The van der Waals surface area contributed by atoms with E-state index in [0.717, 1.165) is 30.0 Å². The van der Waals surface area contributed by atoms with Crippen LogP contribution in [-0.2, 0) is 20.4 Å². The highest BCUT2D eigenvalue weighted by Crippen LogP contribution is 2.45. The molecule has 1 heterocycles. The Balaban J connectivity index is 1.42. The molecule has 1 aliphatic rings. The van der Waals surface area contributed by atoms with Crippen LogP contribution in [0.5, 0.6) is 17.2 Å². The van der Waals surface area contributed by atoms with Gasteiger partial charge in [-0.15, -0.1) is 0 Å². The van der Waals surface area contributed by atoms with Gasteiger partial charge in [0, 0.05) is 43.7 Å². The van der Waals surface area contributed by atoms with Crippen LogP contribution in [0.15, 0.2) is 54.9 Å². The third kappa shape index (κ3) is 14.1. The predicted molar refractivity (Wildman–Crippen MR) is 180 cm³/mol. The zero-order valence-electron chi connectivity index (χ0n) is 27.8. The third-order valence-corrected chi connectivity index (χ3v) is 8.64.